The number of benzene rings is 2. The molecular weight excluding hydrogens is 444 g/mol. The number of nitrogens with one attached hydrogen (secondary N) is 2. The third-order valence-corrected chi connectivity index (χ3v) is 7.89. The Morgan fingerprint density at radius 1 is 0.917 bits per heavy atom. The van der Waals surface area contributed by atoms with Crippen molar-refractivity contribution in [3.05, 3.63) is 58.7 Å². The average molecular weight is 489 g/mol. The molecule has 4 rings (SSSR count). The highest BCUT2D eigenvalue weighted by Gasteiger charge is 2.34. The quantitative estimate of drug-likeness (QED) is 0.393. The third kappa shape index (κ3) is 6.03. The Bertz CT molecular complexity index is 1080. The second-order valence-electron chi connectivity index (χ2n) is 12.8. The van der Waals surface area contributed by atoms with Gasteiger partial charge in [0.05, 0.1) is 6.04 Å². The van der Waals surface area contributed by atoms with E-state index in [0.29, 0.717) is 11.8 Å². The molecule has 36 heavy (non-hydrogen) atoms. The van der Waals surface area contributed by atoms with Crippen LogP contribution in [-0.2, 0) is 15.6 Å². The fourth-order valence-electron chi connectivity index (χ4n) is 5.76. The fourth-order valence-corrected chi connectivity index (χ4v) is 5.76. The van der Waals surface area contributed by atoms with Crippen molar-refractivity contribution in [1.29, 1.82) is 0 Å². The van der Waals surface area contributed by atoms with Crippen molar-refractivity contribution < 1.29 is 9.90 Å². The van der Waals surface area contributed by atoms with Gasteiger partial charge in [-0.15, -0.1) is 0 Å². The van der Waals surface area contributed by atoms with Gasteiger partial charge in [-0.1, -0.05) is 84.7 Å². The fraction of sp³-hybridized carbons (Fsp3) is 0.531. The van der Waals surface area contributed by atoms with Crippen LogP contribution in [-0.4, -0.2) is 23.1 Å². The van der Waals surface area contributed by atoms with E-state index in [-0.39, 0.29) is 22.8 Å². The van der Waals surface area contributed by atoms with Gasteiger partial charge in [0.1, 0.15) is 5.75 Å². The van der Waals surface area contributed by atoms with E-state index in [1.54, 1.807) is 0 Å². The van der Waals surface area contributed by atoms with Gasteiger partial charge < -0.3 is 15.7 Å². The number of amides is 1. The molecule has 1 amide bonds. The molecule has 3 N–H and O–H groups in total. The summed E-state index contributed by atoms with van der Waals surface area (Å²) in [6, 6.07) is 12.5. The lowest BCUT2D eigenvalue weighted by molar-refractivity contribution is -0.119. The summed E-state index contributed by atoms with van der Waals surface area (Å²) in [5, 5.41) is 17.9. The Morgan fingerprint density at radius 2 is 1.56 bits per heavy atom. The highest BCUT2D eigenvalue weighted by atomic mass is 16.3. The molecule has 0 spiro atoms. The van der Waals surface area contributed by atoms with Crippen LogP contribution in [0.4, 0.5) is 5.69 Å². The zero-order valence-electron chi connectivity index (χ0n) is 22.9. The van der Waals surface area contributed by atoms with Gasteiger partial charge in [-0.2, -0.15) is 0 Å². The monoisotopic (exact) mass is 488 g/mol. The van der Waals surface area contributed by atoms with E-state index in [1.807, 2.05) is 24.3 Å². The zero-order valence-corrected chi connectivity index (χ0v) is 22.9. The minimum absolute atomic E-state index is 0.0644. The highest BCUT2D eigenvalue weighted by molar-refractivity contribution is 5.97. The van der Waals surface area contributed by atoms with E-state index in [4.69, 9.17) is 0 Å². The van der Waals surface area contributed by atoms with Gasteiger partial charge in [-0.3, -0.25) is 4.79 Å². The molecular formula is C32H44N2O2. The molecule has 2 aromatic carbocycles. The van der Waals surface area contributed by atoms with Gasteiger partial charge in [0.15, 0.2) is 0 Å². The molecule has 1 aliphatic heterocycles. The van der Waals surface area contributed by atoms with Crippen LogP contribution in [0, 0.1) is 5.92 Å². The smallest absolute Gasteiger partial charge is 0.241 e. The normalized spacial score (nSPS) is 22.9. The van der Waals surface area contributed by atoms with E-state index in [2.05, 4.69) is 76.5 Å². The number of hydrogen-bond acceptors (Lipinski definition) is 3. The number of phenolic OH excluding ortho intramolecular Hbond substituents is 1. The topological polar surface area (TPSA) is 61.4 Å². The largest absolute Gasteiger partial charge is 0.507 e. The van der Waals surface area contributed by atoms with E-state index in [1.165, 1.54) is 25.7 Å². The lowest BCUT2D eigenvalue weighted by Crippen LogP contribution is -2.53. The zero-order chi connectivity index (χ0) is 26.1. The third-order valence-electron chi connectivity index (χ3n) is 7.89. The Hall–Kier alpha value is -2.59. The Morgan fingerprint density at radius 3 is 2.22 bits per heavy atom. The van der Waals surface area contributed by atoms with Crippen LogP contribution in [0.25, 0.3) is 12.2 Å². The molecule has 3 unspecified atom stereocenters. The maximum Gasteiger partial charge on any atom is 0.241 e. The molecule has 1 saturated heterocycles. The van der Waals surface area contributed by atoms with E-state index >= 15 is 0 Å². The first kappa shape index (κ1) is 26.5. The first-order chi connectivity index (χ1) is 16.9. The standard InChI is InChI=1S/C32H44N2O2/c1-31(2,3)24-19-21(20-25(29(24)35)32(4,5)6)15-16-22-11-8-10-14-27(22)34-30(36)28-18-17-23-12-7-9-13-26(23)33-28/h8,10-11,14-16,19-20,23,26,28,33,35H,7,9,12-13,17-18H2,1-6H3,(H,34,36)/b16-15-. The molecule has 2 aliphatic rings. The van der Waals surface area contributed by atoms with Crippen molar-refractivity contribution in [2.24, 2.45) is 5.92 Å². The summed E-state index contributed by atoms with van der Waals surface area (Å²) in [6.45, 7) is 12.8. The molecule has 4 nitrogen and oxygen atoms in total. The summed E-state index contributed by atoms with van der Waals surface area (Å²) in [7, 11) is 0. The molecule has 0 aromatic heterocycles. The number of para-hydroxylation sites is 1. The highest BCUT2D eigenvalue weighted by Crippen LogP contribution is 2.40. The number of carbonyl (C=O) groups is 1. The lowest BCUT2D eigenvalue weighted by atomic mass is 9.77. The summed E-state index contributed by atoms with van der Waals surface area (Å²) in [6.07, 6.45) is 11.3. The van der Waals surface area contributed by atoms with Gasteiger partial charge in [-0.05, 0) is 71.8 Å². The first-order valence-corrected chi connectivity index (χ1v) is 13.7. The molecule has 2 fully saturated rings. The number of aromatic hydroxyl groups is 1. The van der Waals surface area contributed by atoms with Crippen molar-refractivity contribution >= 4 is 23.7 Å². The summed E-state index contributed by atoms with van der Waals surface area (Å²) < 4.78 is 0. The minimum atomic E-state index is -0.176. The molecule has 194 valence electrons. The lowest BCUT2D eigenvalue weighted by Gasteiger charge is -2.39. The van der Waals surface area contributed by atoms with Gasteiger partial charge in [0.25, 0.3) is 0 Å². The second-order valence-corrected chi connectivity index (χ2v) is 12.8. The van der Waals surface area contributed by atoms with E-state index in [9.17, 15) is 9.90 Å². The maximum absolute atomic E-state index is 13.2. The molecule has 4 heteroatoms. The van der Waals surface area contributed by atoms with Crippen LogP contribution in [0.2, 0.25) is 0 Å². The second kappa shape index (κ2) is 10.4. The van der Waals surface area contributed by atoms with E-state index in [0.717, 1.165) is 46.7 Å². The van der Waals surface area contributed by atoms with Crippen molar-refractivity contribution in [3.8, 4) is 5.75 Å². The number of piperidine rings is 1. The summed E-state index contributed by atoms with van der Waals surface area (Å²) in [5.74, 6) is 1.19. The maximum atomic E-state index is 13.2. The Labute approximate surface area is 217 Å². The SMILES string of the molecule is CC(C)(C)c1cc(/C=C\c2ccccc2NC(=O)C2CCC3CCCCC3N2)cc(C(C)(C)C)c1O. The predicted octanol–water partition coefficient (Wildman–Crippen LogP) is 7.41. The van der Waals surface area contributed by atoms with Gasteiger partial charge >= 0.3 is 0 Å². The van der Waals surface area contributed by atoms with Crippen LogP contribution < -0.4 is 10.6 Å². The van der Waals surface area contributed by atoms with Crippen molar-refractivity contribution in [2.45, 2.75) is 103 Å². The average Bonchev–Trinajstić information content (AvgIpc) is 2.82. The Kier molecular flexibility index (Phi) is 7.66. The molecule has 1 aliphatic carbocycles. The molecule has 2 aromatic rings. The number of fused-ring (bicyclic) bond motifs is 1. The Balaban J connectivity index is 1.56. The van der Waals surface area contributed by atoms with Gasteiger partial charge in [-0.25, -0.2) is 0 Å². The number of rotatable bonds is 4. The number of hydrogen-bond donors (Lipinski definition) is 3. The summed E-state index contributed by atoms with van der Waals surface area (Å²) in [5.41, 5.74) is 4.38. The first-order valence-electron chi connectivity index (χ1n) is 13.7. The minimum Gasteiger partial charge on any atom is -0.507 e. The summed E-state index contributed by atoms with van der Waals surface area (Å²) in [4.78, 5) is 13.2. The molecule has 3 atom stereocenters. The summed E-state index contributed by atoms with van der Waals surface area (Å²) >= 11 is 0. The number of carbonyl (C=O) groups excluding carboxylic acids is 1. The van der Waals surface area contributed by atoms with Crippen molar-refractivity contribution in [1.82, 2.24) is 5.32 Å². The molecule has 0 bridgehead atoms. The van der Waals surface area contributed by atoms with Crippen LogP contribution in [0.5, 0.6) is 5.75 Å². The van der Waals surface area contributed by atoms with Crippen molar-refractivity contribution in [3.63, 3.8) is 0 Å². The van der Waals surface area contributed by atoms with Crippen LogP contribution >= 0.6 is 0 Å². The number of phenols is 1. The predicted molar refractivity (Wildman–Crippen MR) is 151 cm³/mol. The van der Waals surface area contributed by atoms with E-state index < -0.39 is 0 Å². The van der Waals surface area contributed by atoms with Crippen LogP contribution in [0.3, 0.4) is 0 Å². The molecule has 1 heterocycles. The van der Waals surface area contributed by atoms with Gasteiger partial charge in [0.2, 0.25) is 5.91 Å². The van der Waals surface area contributed by atoms with Crippen molar-refractivity contribution in [2.75, 3.05) is 5.32 Å². The number of anilines is 1. The van der Waals surface area contributed by atoms with Crippen LogP contribution in [0.15, 0.2) is 36.4 Å². The van der Waals surface area contributed by atoms with Gasteiger partial charge in [0, 0.05) is 22.9 Å². The van der Waals surface area contributed by atoms with Crippen LogP contribution in [0.1, 0.15) is 102 Å². The molecule has 1 saturated carbocycles. The molecule has 0 radical (unpaired) electrons.